The summed E-state index contributed by atoms with van der Waals surface area (Å²) < 4.78 is 0. The van der Waals surface area contributed by atoms with Crippen LogP contribution in [0.4, 0.5) is 0 Å². The molecule has 0 bridgehead atoms. The number of rotatable bonds is 6. The van der Waals surface area contributed by atoms with Gasteiger partial charge in [0.05, 0.1) is 6.42 Å². The fourth-order valence-corrected chi connectivity index (χ4v) is 1.98. The second kappa shape index (κ2) is 8.79. The van der Waals surface area contributed by atoms with Gasteiger partial charge >= 0.3 is 0 Å². The zero-order chi connectivity index (χ0) is 17.4. The molecule has 0 atom stereocenters. The van der Waals surface area contributed by atoms with Crippen LogP contribution in [-0.4, -0.2) is 22.5 Å². The van der Waals surface area contributed by atoms with Gasteiger partial charge in [-0.2, -0.15) is 5.10 Å². The molecule has 0 saturated heterocycles. The van der Waals surface area contributed by atoms with E-state index in [0.717, 1.165) is 5.56 Å². The molecule has 0 fully saturated rings. The van der Waals surface area contributed by atoms with Crippen LogP contribution in [0, 0.1) is 0 Å². The first kappa shape index (κ1) is 17.6. The summed E-state index contributed by atoms with van der Waals surface area (Å²) >= 11 is 5.77. The quantitative estimate of drug-likeness (QED) is 0.624. The number of amides is 2. The van der Waals surface area contributed by atoms with Crippen LogP contribution >= 0.6 is 11.6 Å². The van der Waals surface area contributed by atoms with Crippen LogP contribution in [0.25, 0.3) is 0 Å². The molecule has 124 valence electrons. The highest BCUT2D eigenvalue weighted by Crippen LogP contribution is 2.09. The zero-order valence-electron chi connectivity index (χ0n) is 13.1. The van der Waals surface area contributed by atoms with E-state index in [9.17, 15) is 9.59 Å². The SMILES string of the molecule is C/C(CC(=O)NCc1cccnc1)=N/NC(=O)c1ccc(Cl)cc1. The summed E-state index contributed by atoms with van der Waals surface area (Å²) in [5, 5.41) is 7.25. The van der Waals surface area contributed by atoms with Gasteiger partial charge in [0.1, 0.15) is 0 Å². The Balaban J connectivity index is 1.79. The third-order valence-electron chi connectivity index (χ3n) is 3.08. The molecule has 6 nitrogen and oxygen atoms in total. The number of halogens is 1. The molecule has 0 radical (unpaired) electrons. The molecular weight excluding hydrogens is 328 g/mol. The van der Waals surface area contributed by atoms with Crippen molar-refractivity contribution < 1.29 is 9.59 Å². The maximum absolute atomic E-state index is 11.9. The normalized spacial score (nSPS) is 11.0. The maximum atomic E-state index is 11.9. The first-order valence-electron chi connectivity index (χ1n) is 7.29. The number of hydrazone groups is 1. The number of carbonyl (C=O) groups excluding carboxylic acids is 2. The van der Waals surface area contributed by atoms with E-state index < -0.39 is 0 Å². The molecular formula is C17H17ClN4O2. The molecule has 1 heterocycles. The number of aromatic nitrogens is 1. The van der Waals surface area contributed by atoms with E-state index in [1.54, 1.807) is 49.6 Å². The number of pyridine rings is 1. The first-order valence-corrected chi connectivity index (χ1v) is 7.67. The van der Waals surface area contributed by atoms with Gasteiger partial charge in [-0.15, -0.1) is 0 Å². The minimum absolute atomic E-state index is 0.0984. The molecule has 1 aromatic carbocycles. The van der Waals surface area contributed by atoms with Crippen molar-refractivity contribution in [2.75, 3.05) is 0 Å². The first-order chi connectivity index (χ1) is 11.5. The molecule has 2 N–H and O–H groups in total. The van der Waals surface area contributed by atoms with Gasteiger partial charge in [-0.3, -0.25) is 14.6 Å². The molecule has 0 aliphatic carbocycles. The number of nitrogens with one attached hydrogen (secondary N) is 2. The van der Waals surface area contributed by atoms with Crippen molar-refractivity contribution in [3.63, 3.8) is 0 Å². The van der Waals surface area contributed by atoms with Gasteiger partial charge in [-0.1, -0.05) is 17.7 Å². The standard InChI is InChI=1S/C17H17ClN4O2/c1-12(9-16(23)20-11-13-3-2-8-19-10-13)21-22-17(24)14-4-6-15(18)7-5-14/h2-8,10H,9,11H2,1H3,(H,20,23)(H,22,24)/b21-12-. The average Bonchev–Trinajstić information content (AvgIpc) is 2.59. The number of hydrogen-bond donors (Lipinski definition) is 2. The van der Waals surface area contributed by atoms with Crippen LogP contribution in [0.1, 0.15) is 29.3 Å². The van der Waals surface area contributed by atoms with Gasteiger partial charge in [0.15, 0.2) is 0 Å². The Kier molecular flexibility index (Phi) is 6.45. The number of carbonyl (C=O) groups is 2. The van der Waals surface area contributed by atoms with Crippen LogP contribution in [-0.2, 0) is 11.3 Å². The number of hydrogen-bond acceptors (Lipinski definition) is 4. The smallest absolute Gasteiger partial charge is 0.271 e. The van der Waals surface area contributed by atoms with E-state index in [1.165, 1.54) is 0 Å². The molecule has 2 amide bonds. The predicted molar refractivity (Wildman–Crippen MR) is 92.7 cm³/mol. The van der Waals surface area contributed by atoms with E-state index in [4.69, 9.17) is 11.6 Å². The summed E-state index contributed by atoms with van der Waals surface area (Å²) in [5.74, 6) is -0.539. The van der Waals surface area contributed by atoms with Crippen molar-refractivity contribution in [1.82, 2.24) is 15.7 Å². The van der Waals surface area contributed by atoms with Crippen LogP contribution in [0.5, 0.6) is 0 Å². The largest absolute Gasteiger partial charge is 0.352 e. The number of benzene rings is 1. The summed E-state index contributed by atoms with van der Waals surface area (Å²) in [6.45, 7) is 2.07. The summed E-state index contributed by atoms with van der Waals surface area (Å²) in [6.07, 6.45) is 3.46. The minimum atomic E-state index is -0.359. The summed E-state index contributed by atoms with van der Waals surface area (Å²) in [5.41, 5.74) is 4.27. The lowest BCUT2D eigenvalue weighted by atomic mass is 10.2. The highest BCUT2D eigenvalue weighted by molar-refractivity contribution is 6.30. The number of nitrogens with zero attached hydrogens (tertiary/aromatic N) is 2. The lowest BCUT2D eigenvalue weighted by Crippen LogP contribution is -2.26. The molecule has 0 aliphatic rings. The third kappa shape index (κ3) is 5.81. The molecule has 7 heteroatoms. The Morgan fingerprint density at radius 1 is 1.21 bits per heavy atom. The van der Waals surface area contributed by atoms with Crippen molar-refractivity contribution in [2.24, 2.45) is 5.10 Å². The summed E-state index contributed by atoms with van der Waals surface area (Å²) in [6, 6.07) is 10.1. The zero-order valence-corrected chi connectivity index (χ0v) is 13.9. The molecule has 0 spiro atoms. The lowest BCUT2D eigenvalue weighted by Gasteiger charge is -2.05. The molecule has 2 rings (SSSR count). The molecule has 0 aliphatic heterocycles. The van der Waals surface area contributed by atoms with E-state index in [1.807, 2.05) is 6.07 Å². The summed E-state index contributed by atoms with van der Waals surface area (Å²) in [4.78, 5) is 27.7. The fraction of sp³-hybridized carbons (Fsp3) is 0.176. The van der Waals surface area contributed by atoms with Gasteiger partial charge in [-0.25, -0.2) is 5.43 Å². The van der Waals surface area contributed by atoms with Gasteiger partial charge in [0.2, 0.25) is 5.91 Å². The fourth-order valence-electron chi connectivity index (χ4n) is 1.85. The van der Waals surface area contributed by atoms with Crippen LogP contribution in [0.15, 0.2) is 53.9 Å². The monoisotopic (exact) mass is 344 g/mol. The Morgan fingerprint density at radius 2 is 1.96 bits per heavy atom. The van der Waals surface area contributed by atoms with Gasteiger partial charge in [0.25, 0.3) is 5.91 Å². The molecule has 0 unspecified atom stereocenters. The second-order valence-electron chi connectivity index (χ2n) is 5.11. The van der Waals surface area contributed by atoms with Crippen LogP contribution in [0.2, 0.25) is 5.02 Å². The maximum Gasteiger partial charge on any atom is 0.271 e. The third-order valence-corrected chi connectivity index (χ3v) is 3.34. The van der Waals surface area contributed by atoms with Gasteiger partial charge < -0.3 is 5.32 Å². The van der Waals surface area contributed by atoms with Crippen molar-refractivity contribution >= 4 is 29.1 Å². The Bertz CT molecular complexity index is 730. The van der Waals surface area contributed by atoms with Crippen molar-refractivity contribution in [3.8, 4) is 0 Å². The summed E-state index contributed by atoms with van der Waals surface area (Å²) in [7, 11) is 0. The minimum Gasteiger partial charge on any atom is -0.352 e. The van der Waals surface area contributed by atoms with Gasteiger partial charge in [-0.05, 0) is 42.8 Å². The van der Waals surface area contributed by atoms with Gasteiger partial charge in [0, 0.05) is 35.2 Å². The van der Waals surface area contributed by atoms with E-state index in [-0.39, 0.29) is 18.2 Å². The topological polar surface area (TPSA) is 83.4 Å². The second-order valence-corrected chi connectivity index (χ2v) is 5.55. The molecule has 24 heavy (non-hydrogen) atoms. The highest BCUT2D eigenvalue weighted by atomic mass is 35.5. The Labute approximate surface area is 144 Å². The Morgan fingerprint density at radius 3 is 2.62 bits per heavy atom. The molecule has 2 aromatic rings. The van der Waals surface area contributed by atoms with Crippen LogP contribution < -0.4 is 10.7 Å². The van der Waals surface area contributed by atoms with E-state index in [0.29, 0.717) is 22.8 Å². The lowest BCUT2D eigenvalue weighted by molar-refractivity contribution is -0.120. The van der Waals surface area contributed by atoms with Crippen molar-refractivity contribution in [3.05, 3.63) is 64.9 Å². The molecule has 0 saturated carbocycles. The van der Waals surface area contributed by atoms with E-state index >= 15 is 0 Å². The molecule has 1 aromatic heterocycles. The Hall–Kier alpha value is -2.73. The van der Waals surface area contributed by atoms with Crippen molar-refractivity contribution in [2.45, 2.75) is 19.9 Å². The highest BCUT2D eigenvalue weighted by Gasteiger charge is 2.06. The average molecular weight is 345 g/mol. The van der Waals surface area contributed by atoms with Crippen molar-refractivity contribution in [1.29, 1.82) is 0 Å². The van der Waals surface area contributed by atoms with Crippen LogP contribution in [0.3, 0.4) is 0 Å². The predicted octanol–water partition coefficient (Wildman–Crippen LogP) is 2.55. The van der Waals surface area contributed by atoms with E-state index in [2.05, 4.69) is 20.8 Å².